The lowest BCUT2D eigenvalue weighted by Crippen LogP contribution is -2.44. The van der Waals surface area contributed by atoms with Crippen LogP contribution in [-0.4, -0.2) is 67.2 Å². The Balaban J connectivity index is 2.23. The van der Waals surface area contributed by atoms with Crippen molar-refractivity contribution >= 4 is 22.8 Å². The van der Waals surface area contributed by atoms with Crippen LogP contribution in [0.15, 0.2) is 12.5 Å². The normalized spacial score (nSPS) is 30.0. The summed E-state index contributed by atoms with van der Waals surface area (Å²) < 4.78 is 6.99. The van der Waals surface area contributed by atoms with E-state index in [0.717, 1.165) is 0 Å². The molecule has 4 atom stereocenters. The molecule has 1 fully saturated rings. The van der Waals surface area contributed by atoms with Gasteiger partial charge in [-0.15, -0.1) is 0 Å². The van der Waals surface area contributed by atoms with E-state index in [-0.39, 0.29) is 5.56 Å². The van der Waals surface area contributed by atoms with Crippen LogP contribution in [0.4, 0.5) is 5.82 Å². The number of aliphatic hydroxyl groups is 3. The number of carbonyl (C=O) groups excluding carboxylic acids is 1. The van der Waals surface area contributed by atoms with Gasteiger partial charge in [-0.2, -0.15) is 0 Å². The number of primary amides is 1. The van der Waals surface area contributed by atoms with Gasteiger partial charge in [0, 0.05) is 13.2 Å². The summed E-state index contributed by atoms with van der Waals surface area (Å²) in [5.74, 6) is -0.300. The van der Waals surface area contributed by atoms with Crippen LogP contribution in [0.3, 0.4) is 0 Å². The number of hydrogen-bond acceptors (Lipinski definition) is 8. The number of nitrogens with one attached hydrogen (secondary N) is 1. The second-order valence-electron chi connectivity index (χ2n) is 5.87. The van der Waals surface area contributed by atoms with Gasteiger partial charge in [0.1, 0.15) is 35.6 Å². The molecule has 24 heavy (non-hydrogen) atoms. The molecule has 4 unspecified atom stereocenters. The monoisotopic (exact) mass is 337 g/mol. The van der Waals surface area contributed by atoms with Crippen LogP contribution < -0.4 is 11.1 Å². The summed E-state index contributed by atoms with van der Waals surface area (Å²) in [4.78, 5) is 20.0. The number of nitrogens with zero attached hydrogens (tertiary/aromatic N) is 3. The first kappa shape index (κ1) is 16.6. The molecule has 0 spiro atoms. The summed E-state index contributed by atoms with van der Waals surface area (Å²) in [5.41, 5.74) is 4.18. The highest BCUT2D eigenvalue weighted by Crippen LogP contribution is 2.40. The van der Waals surface area contributed by atoms with Gasteiger partial charge < -0.3 is 35.7 Å². The molecule has 0 saturated carbocycles. The fourth-order valence-electron chi connectivity index (χ4n) is 3.03. The third kappa shape index (κ3) is 2.23. The molecule has 10 nitrogen and oxygen atoms in total. The first-order valence-corrected chi connectivity index (χ1v) is 7.32. The Hall–Kier alpha value is -2.27. The van der Waals surface area contributed by atoms with Gasteiger partial charge in [0.2, 0.25) is 0 Å². The summed E-state index contributed by atoms with van der Waals surface area (Å²) in [6.45, 7) is 0.917. The summed E-state index contributed by atoms with van der Waals surface area (Å²) in [5, 5.41) is 33.3. The van der Waals surface area contributed by atoms with E-state index in [4.69, 9.17) is 10.5 Å². The van der Waals surface area contributed by atoms with E-state index in [0.29, 0.717) is 16.9 Å². The zero-order chi connectivity index (χ0) is 17.6. The minimum Gasteiger partial charge on any atom is -0.394 e. The van der Waals surface area contributed by atoms with Crippen LogP contribution in [-0.2, 0) is 4.74 Å². The summed E-state index contributed by atoms with van der Waals surface area (Å²) >= 11 is 0. The molecule has 1 aliphatic rings. The molecule has 10 heteroatoms. The van der Waals surface area contributed by atoms with Crippen molar-refractivity contribution in [2.45, 2.75) is 31.0 Å². The Kier molecular flexibility index (Phi) is 3.92. The molecular formula is C14H19N5O5. The molecule has 2 aromatic heterocycles. The van der Waals surface area contributed by atoms with Crippen molar-refractivity contribution in [1.29, 1.82) is 0 Å². The highest BCUT2D eigenvalue weighted by atomic mass is 16.6. The molecule has 0 bridgehead atoms. The number of nitrogens with two attached hydrogens (primary N) is 1. The summed E-state index contributed by atoms with van der Waals surface area (Å²) in [6.07, 6.45) is -0.662. The lowest BCUT2D eigenvalue weighted by atomic mass is 9.96. The molecule has 2 aromatic rings. The minimum atomic E-state index is -1.71. The van der Waals surface area contributed by atoms with Gasteiger partial charge in [0.05, 0.1) is 17.6 Å². The molecule has 3 heterocycles. The average molecular weight is 337 g/mol. The Labute approximate surface area is 136 Å². The molecule has 3 rings (SSSR count). The molecule has 0 aromatic carbocycles. The number of hydrogen-bond donors (Lipinski definition) is 5. The highest BCUT2D eigenvalue weighted by Gasteiger charge is 2.53. The Morgan fingerprint density at radius 2 is 2.25 bits per heavy atom. The maximum absolute atomic E-state index is 11.8. The summed E-state index contributed by atoms with van der Waals surface area (Å²) in [6, 6.07) is 0. The van der Waals surface area contributed by atoms with E-state index in [1.54, 1.807) is 7.05 Å². The fourth-order valence-corrected chi connectivity index (χ4v) is 3.03. The van der Waals surface area contributed by atoms with Crippen LogP contribution in [0, 0.1) is 0 Å². The number of amides is 1. The number of fused-ring (bicyclic) bond motifs is 1. The molecule has 1 saturated heterocycles. The van der Waals surface area contributed by atoms with E-state index in [9.17, 15) is 20.1 Å². The Morgan fingerprint density at radius 1 is 1.54 bits per heavy atom. The van der Waals surface area contributed by atoms with Crippen LogP contribution in [0.25, 0.3) is 11.0 Å². The molecule has 0 aliphatic carbocycles. The molecule has 130 valence electrons. The van der Waals surface area contributed by atoms with Crippen molar-refractivity contribution in [2.24, 2.45) is 5.73 Å². The van der Waals surface area contributed by atoms with Crippen LogP contribution in [0.2, 0.25) is 0 Å². The van der Waals surface area contributed by atoms with Gasteiger partial charge in [-0.05, 0) is 6.92 Å². The van der Waals surface area contributed by atoms with E-state index < -0.39 is 36.6 Å². The SMILES string of the molecule is CNc1ncnc2c1c(C(N)=O)cn2C1OC(CO)C(O)C1(C)O. The first-order chi connectivity index (χ1) is 11.3. The lowest BCUT2D eigenvalue weighted by molar-refractivity contribution is -0.0948. The van der Waals surface area contributed by atoms with Crippen LogP contribution in [0.1, 0.15) is 23.5 Å². The molecule has 6 N–H and O–H groups in total. The topological polar surface area (TPSA) is 156 Å². The van der Waals surface area contributed by atoms with E-state index in [2.05, 4.69) is 15.3 Å². The molecule has 1 amide bonds. The third-order valence-electron chi connectivity index (χ3n) is 4.30. The minimum absolute atomic E-state index is 0.149. The molecular weight excluding hydrogens is 318 g/mol. The second-order valence-corrected chi connectivity index (χ2v) is 5.87. The second kappa shape index (κ2) is 5.67. The summed E-state index contributed by atoms with van der Waals surface area (Å²) in [7, 11) is 1.64. The van der Waals surface area contributed by atoms with Crippen molar-refractivity contribution in [3.63, 3.8) is 0 Å². The van der Waals surface area contributed by atoms with E-state index in [1.165, 1.54) is 24.0 Å². The lowest BCUT2D eigenvalue weighted by Gasteiger charge is -2.27. The predicted octanol–water partition coefficient (Wildman–Crippen LogP) is -1.43. The van der Waals surface area contributed by atoms with E-state index in [1.807, 2.05) is 0 Å². The quantitative estimate of drug-likeness (QED) is 0.455. The van der Waals surface area contributed by atoms with E-state index >= 15 is 0 Å². The number of aromatic nitrogens is 3. The van der Waals surface area contributed by atoms with Gasteiger partial charge in [-0.1, -0.05) is 0 Å². The average Bonchev–Trinajstić information content (AvgIpc) is 3.04. The van der Waals surface area contributed by atoms with Crippen LogP contribution >= 0.6 is 0 Å². The predicted molar refractivity (Wildman–Crippen MR) is 83.2 cm³/mol. The fraction of sp³-hybridized carbons (Fsp3) is 0.500. The number of ether oxygens (including phenoxy) is 1. The largest absolute Gasteiger partial charge is 0.394 e. The maximum Gasteiger partial charge on any atom is 0.251 e. The highest BCUT2D eigenvalue weighted by molar-refractivity contribution is 6.09. The van der Waals surface area contributed by atoms with Crippen LogP contribution in [0.5, 0.6) is 0 Å². The smallest absolute Gasteiger partial charge is 0.251 e. The molecule has 1 aliphatic heterocycles. The van der Waals surface area contributed by atoms with Gasteiger partial charge in [-0.25, -0.2) is 9.97 Å². The number of rotatable bonds is 4. The first-order valence-electron chi connectivity index (χ1n) is 7.32. The van der Waals surface area contributed by atoms with Crippen molar-refractivity contribution in [2.75, 3.05) is 19.0 Å². The number of aliphatic hydroxyl groups excluding tert-OH is 2. The Morgan fingerprint density at radius 3 is 2.79 bits per heavy atom. The molecule has 0 radical (unpaired) electrons. The van der Waals surface area contributed by atoms with Gasteiger partial charge in [0.15, 0.2) is 6.23 Å². The zero-order valence-electron chi connectivity index (χ0n) is 13.2. The van der Waals surface area contributed by atoms with Crippen molar-refractivity contribution in [1.82, 2.24) is 14.5 Å². The Bertz CT molecular complexity index is 789. The van der Waals surface area contributed by atoms with Gasteiger partial charge in [0.25, 0.3) is 5.91 Å². The van der Waals surface area contributed by atoms with Crippen molar-refractivity contribution in [3.8, 4) is 0 Å². The third-order valence-corrected chi connectivity index (χ3v) is 4.30. The van der Waals surface area contributed by atoms with Crippen molar-refractivity contribution < 1.29 is 24.9 Å². The standard InChI is InChI=1S/C14H19N5O5/c1-14(23)9(21)7(4-20)24-13(14)19-3-6(10(15)22)8-11(16-2)17-5-18-12(8)19/h3,5,7,9,13,20-21,23H,4H2,1-2H3,(H2,15,22)(H,16,17,18). The number of carbonyl (C=O) groups is 1. The van der Waals surface area contributed by atoms with Gasteiger partial charge in [-0.3, -0.25) is 4.79 Å². The van der Waals surface area contributed by atoms with Crippen molar-refractivity contribution in [3.05, 3.63) is 18.1 Å². The number of anilines is 1. The van der Waals surface area contributed by atoms with Gasteiger partial charge >= 0.3 is 0 Å². The maximum atomic E-state index is 11.8. The zero-order valence-corrected chi connectivity index (χ0v) is 13.2.